The van der Waals surface area contributed by atoms with Gasteiger partial charge in [-0.05, 0) is 18.1 Å². The first-order chi connectivity index (χ1) is 9.61. The lowest BCUT2D eigenvalue weighted by Gasteiger charge is -2.23. The summed E-state index contributed by atoms with van der Waals surface area (Å²) >= 11 is 1.44. The van der Waals surface area contributed by atoms with E-state index in [1.807, 2.05) is 30.3 Å². The number of nitrogens with one attached hydrogen (secondary N) is 1. The van der Waals surface area contributed by atoms with Crippen LogP contribution in [0.5, 0.6) is 0 Å². The van der Waals surface area contributed by atoms with Gasteiger partial charge in [-0.25, -0.2) is 10.8 Å². The minimum atomic E-state index is -0.370. The number of carbonyl (C=O) groups excluding carboxylic acids is 1. The Balaban J connectivity index is 2.32. The number of carbonyl (C=O) groups is 1. The van der Waals surface area contributed by atoms with Gasteiger partial charge in [-0.1, -0.05) is 32.0 Å². The summed E-state index contributed by atoms with van der Waals surface area (Å²) in [4.78, 5) is 18.0. The van der Waals surface area contributed by atoms with Crippen LogP contribution in [0.3, 0.4) is 0 Å². The van der Waals surface area contributed by atoms with Crippen LogP contribution in [0.15, 0.2) is 35.7 Å². The van der Waals surface area contributed by atoms with E-state index in [4.69, 9.17) is 5.84 Å². The molecule has 1 aromatic carbocycles. The molecule has 0 aliphatic heterocycles. The predicted octanol–water partition coefficient (Wildman–Crippen LogP) is 2.54. The second-order valence-corrected chi connectivity index (χ2v) is 5.67. The summed E-state index contributed by atoms with van der Waals surface area (Å²) < 4.78 is 0. The molecule has 0 aliphatic rings. The second-order valence-electron chi connectivity index (χ2n) is 4.83. The summed E-state index contributed by atoms with van der Waals surface area (Å²) in [6.45, 7) is 5.13. The maximum atomic E-state index is 11.5. The number of nitrogens with zero attached hydrogens (tertiary/aromatic N) is 2. The average Bonchev–Trinajstić information content (AvgIpc) is 2.94. The zero-order chi connectivity index (χ0) is 14.5. The molecule has 0 bridgehead atoms. The van der Waals surface area contributed by atoms with Crippen molar-refractivity contribution in [2.45, 2.75) is 13.8 Å². The third kappa shape index (κ3) is 3.34. The van der Waals surface area contributed by atoms with Crippen LogP contribution in [0.25, 0.3) is 0 Å². The Kier molecular flexibility index (Phi) is 4.70. The lowest BCUT2D eigenvalue weighted by molar-refractivity contribution is 0.0949. The number of para-hydroxylation sites is 1. The Hall–Kier alpha value is -1.92. The van der Waals surface area contributed by atoms with E-state index in [1.54, 1.807) is 5.38 Å². The largest absolute Gasteiger partial charge is 0.318 e. The number of hydrazine groups is 1. The fourth-order valence-corrected chi connectivity index (χ4v) is 2.67. The van der Waals surface area contributed by atoms with Gasteiger partial charge < -0.3 is 4.90 Å². The van der Waals surface area contributed by atoms with Gasteiger partial charge in [-0.2, -0.15) is 0 Å². The standard InChI is InChI=1S/C14H18N4OS/c1-10(2)8-18(11-6-4-3-5-7-11)14-16-12(9-20-14)13(19)17-15/h3-7,9-10H,8,15H2,1-2H3,(H,17,19). The van der Waals surface area contributed by atoms with Gasteiger partial charge in [0.05, 0.1) is 0 Å². The Morgan fingerprint density at radius 3 is 2.70 bits per heavy atom. The molecule has 0 aliphatic carbocycles. The van der Waals surface area contributed by atoms with Crippen molar-refractivity contribution in [3.63, 3.8) is 0 Å². The molecule has 5 nitrogen and oxygen atoms in total. The topological polar surface area (TPSA) is 71.2 Å². The van der Waals surface area contributed by atoms with Gasteiger partial charge in [0, 0.05) is 17.6 Å². The summed E-state index contributed by atoms with van der Waals surface area (Å²) in [5, 5.41) is 2.51. The molecule has 2 aromatic rings. The van der Waals surface area contributed by atoms with Crippen LogP contribution in [0, 0.1) is 5.92 Å². The highest BCUT2D eigenvalue weighted by Crippen LogP contribution is 2.29. The van der Waals surface area contributed by atoms with Crippen molar-refractivity contribution in [3.05, 3.63) is 41.4 Å². The van der Waals surface area contributed by atoms with Crippen molar-refractivity contribution in [2.24, 2.45) is 11.8 Å². The van der Waals surface area contributed by atoms with Crippen LogP contribution in [0.4, 0.5) is 10.8 Å². The number of benzene rings is 1. The Labute approximate surface area is 122 Å². The van der Waals surface area contributed by atoms with Crippen LogP contribution < -0.4 is 16.2 Å². The molecule has 106 valence electrons. The van der Waals surface area contributed by atoms with E-state index in [1.165, 1.54) is 11.3 Å². The molecule has 0 radical (unpaired) electrons. The van der Waals surface area contributed by atoms with E-state index < -0.39 is 0 Å². The molecule has 0 atom stereocenters. The number of hydrogen-bond acceptors (Lipinski definition) is 5. The molecule has 0 unspecified atom stereocenters. The van der Waals surface area contributed by atoms with E-state index in [-0.39, 0.29) is 5.91 Å². The highest BCUT2D eigenvalue weighted by molar-refractivity contribution is 7.14. The summed E-state index contributed by atoms with van der Waals surface area (Å²) in [5.74, 6) is 5.24. The number of nitrogens with two attached hydrogens (primary N) is 1. The molecule has 3 N–H and O–H groups in total. The number of anilines is 2. The van der Waals surface area contributed by atoms with Crippen molar-refractivity contribution >= 4 is 28.1 Å². The predicted molar refractivity (Wildman–Crippen MR) is 82.1 cm³/mol. The first-order valence-corrected chi connectivity index (χ1v) is 7.29. The van der Waals surface area contributed by atoms with Gasteiger partial charge in [-0.3, -0.25) is 10.2 Å². The molecule has 1 aromatic heterocycles. The van der Waals surface area contributed by atoms with Gasteiger partial charge in [0.1, 0.15) is 5.69 Å². The SMILES string of the molecule is CC(C)CN(c1ccccc1)c1nc(C(=O)NN)cs1. The Morgan fingerprint density at radius 2 is 2.10 bits per heavy atom. The molecule has 0 saturated heterocycles. The highest BCUT2D eigenvalue weighted by atomic mass is 32.1. The molecule has 6 heteroatoms. The van der Waals surface area contributed by atoms with Crippen molar-refractivity contribution in [1.29, 1.82) is 0 Å². The quantitative estimate of drug-likeness (QED) is 0.504. The van der Waals surface area contributed by atoms with Crippen LogP contribution in [0.2, 0.25) is 0 Å². The first kappa shape index (κ1) is 14.5. The van der Waals surface area contributed by atoms with Gasteiger partial charge in [0.15, 0.2) is 5.13 Å². The molecule has 0 saturated carbocycles. The third-order valence-corrected chi connectivity index (χ3v) is 3.57. The van der Waals surface area contributed by atoms with E-state index in [0.717, 1.165) is 17.4 Å². The lowest BCUT2D eigenvalue weighted by Crippen LogP contribution is -2.30. The first-order valence-electron chi connectivity index (χ1n) is 6.41. The minimum absolute atomic E-state index is 0.345. The van der Waals surface area contributed by atoms with Crippen LogP contribution in [-0.2, 0) is 0 Å². The Morgan fingerprint density at radius 1 is 1.40 bits per heavy atom. The van der Waals surface area contributed by atoms with Crippen LogP contribution in [0.1, 0.15) is 24.3 Å². The summed E-state index contributed by atoms with van der Waals surface area (Å²) in [5.41, 5.74) is 3.51. The second kappa shape index (κ2) is 6.49. The summed E-state index contributed by atoms with van der Waals surface area (Å²) in [6, 6.07) is 10.0. The summed E-state index contributed by atoms with van der Waals surface area (Å²) in [6.07, 6.45) is 0. The van der Waals surface area contributed by atoms with E-state index in [2.05, 4.69) is 29.2 Å². The smallest absolute Gasteiger partial charge is 0.284 e. The van der Waals surface area contributed by atoms with Crippen molar-refractivity contribution < 1.29 is 4.79 Å². The normalized spacial score (nSPS) is 10.6. The molecule has 0 spiro atoms. The average molecular weight is 290 g/mol. The fraction of sp³-hybridized carbons (Fsp3) is 0.286. The fourth-order valence-electron chi connectivity index (χ4n) is 1.83. The van der Waals surface area contributed by atoms with E-state index in [9.17, 15) is 4.79 Å². The third-order valence-electron chi connectivity index (χ3n) is 2.70. The Bertz CT molecular complexity index is 568. The van der Waals surface area contributed by atoms with E-state index in [0.29, 0.717) is 11.6 Å². The number of rotatable bonds is 5. The maximum Gasteiger partial charge on any atom is 0.284 e. The molecule has 20 heavy (non-hydrogen) atoms. The highest BCUT2D eigenvalue weighted by Gasteiger charge is 2.17. The van der Waals surface area contributed by atoms with Gasteiger partial charge in [0.25, 0.3) is 5.91 Å². The number of hydrogen-bond donors (Lipinski definition) is 2. The van der Waals surface area contributed by atoms with Gasteiger partial charge >= 0.3 is 0 Å². The van der Waals surface area contributed by atoms with E-state index >= 15 is 0 Å². The van der Waals surface area contributed by atoms with Crippen molar-refractivity contribution in [2.75, 3.05) is 11.4 Å². The molecule has 0 fully saturated rings. The minimum Gasteiger partial charge on any atom is -0.318 e. The van der Waals surface area contributed by atoms with Gasteiger partial charge in [-0.15, -0.1) is 11.3 Å². The molecule has 1 heterocycles. The number of aromatic nitrogens is 1. The monoisotopic (exact) mass is 290 g/mol. The van der Waals surface area contributed by atoms with Crippen molar-refractivity contribution in [1.82, 2.24) is 10.4 Å². The lowest BCUT2D eigenvalue weighted by atomic mass is 10.2. The number of thiazole rings is 1. The molecule has 2 rings (SSSR count). The maximum absolute atomic E-state index is 11.5. The van der Waals surface area contributed by atoms with Crippen LogP contribution in [-0.4, -0.2) is 17.4 Å². The summed E-state index contributed by atoms with van der Waals surface area (Å²) in [7, 11) is 0. The molecule has 1 amide bonds. The van der Waals surface area contributed by atoms with Crippen molar-refractivity contribution in [3.8, 4) is 0 Å². The molecular weight excluding hydrogens is 272 g/mol. The molecular formula is C14H18N4OS. The van der Waals surface area contributed by atoms with Crippen LogP contribution >= 0.6 is 11.3 Å². The van der Waals surface area contributed by atoms with Gasteiger partial charge in [0.2, 0.25) is 0 Å². The number of amides is 1. The zero-order valence-electron chi connectivity index (χ0n) is 11.5. The zero-order valence-corrected chi connectivity index (χ0v) is 12.4. The number of nitrogen functional groups attached to an aromatic ring is 1.